The smallest absolute Gasteiger partial charge is 0.145 e. The third-order valence-electron chi connectivity index (χ3n) is 3.03. The van der Waals surface area contributed by atoms with E-state index in [4.69, 9.17) is 11.6 Å². The summed E-state index contributed by atoms with van der Waals surface area (Å²) in [6.45, 7) is 6.75. The predicted molar refractivity (Wildman–Crippen MR) is 83.0 cm³/mol. The number of aryl methyl sites for hydroxylation is 1. The predicted octanol–water partition coefficient (Wildman–Crippen LogP) is 3.67. The van der Waals surface area contributed by atoms with Gasteiger partial charge in [-0.2, -0.15) is 0 Å². The summed E-state index contributed by atoms with van der Waals surface area (Å²) in [5.41, 5.74) is 2.30. The lowest BCUT2D eigenvalue weighted by atomic mass is 10.1. The van der Waals surface area contributed by atoms with Crippen molar-refractivity contribution in [1.82, 2.24) is 15.3 Å². The van der Waals surface area contributed by atoms with E-state index < -0.39 is 5.82 Å². The SMILES string of the molecule is Cc1cc(CNC(C)C)nc(Cc2cccc(Cl)c2F)n1. The Morgan fingerprint density at radius 1 is 1.29 bits per heavy atom. The van der Waals surface area contributed by atoms with E-state index in [1.165, 1.54) is 6.07 Å². The molecular formula is C16H19ClFN3. The fourth-order valence-corrected chi connectivity index (χ4v) is 2.23. The van der Waals surface area contributed by atoms with E-state index in [0.717, 1.165) is 11.4 Å². The summed E-state index contributed by atoms with van der Waals surface area (Å²) >= 11 is 5.80. The van der Waals surface area contributed by atoms with E-state index in [1.807, 2.05) is 13.0 Å². The molecule has 1 N–H and O–H groups in total. The molecule has 0 bridgehead atoms. The van der Waals surface area contributed by atoms with Crippen LogP contribution in [0.5, 0.6) is 0 Å². The van der Waals surface area contributed by atoms with Crippen LogP contribution in [0.3, 0.4) is 0 Å². The van der Waals surface area contributed by atoms with Crippen molar-refractivity contribution in [2.75, 3.05) is 0 Å². The molecule has 1 aromatic heterocycles. The van der Waals surface area contributed by atoms with E-state index in [1.54, 1.807) is 12.1 Å². The molecule has 0 amide bonds. The maximum absolute atomic E-state index is 13.9. The Morgan fingerprint density at radius 3 is 2.76 bits per heavy atom. The zero-order valence-electron chi connectivity index (χ0n) is 12.5. The van der Waals surface area contributed by atoms with Gasteiger partial charge in [0.15, 0.2) is 0 Å². The lowest BCUT2D eigenvalue weighted by molar-refractivity contribution is 0.578. The van der Waals surface area contributed by atoms with Crippen LogP contribution in [-0.2, 0) is 13.0 Å². The second-order valence-corrected chi connectivity index (χ2v) is 5.75. The summed E-state index contributed by atoms with van der Waals surface area (Å²) < 4.78 is 13.9. The summed E-state index contributed by atoms with van der Waals surface area (Å²) in [6.07, 6.45) is 0.336. The molecule has 0 radical (unpaired) electrons. The van der Waals surface area contributed by atoms with Gasteiger partial charge in [0.25, 0.3) is 0 Å². The molecule has 0 atom stereocenters. The van der Waals surface area contributed by atoms with Crippen LogP contribution in [0.25, 0.3) is 0 Å². The number of nitrogens with zero attached hydrogens (tertiary/aromatic N) is 2. The van der Waals surface area contributed by atoms with E-state index in [2.05, 4.69) is 29.1 Å². The van der Waals surface area contributed by atoms with Crippen molar-refractivity contribution in [3.63, 3.8) is 0 Å². The Hall–Kier alpha value is -1.52. The second kappa shape index (κ2) is 6.96. The summed E-state index contributed by atoms with van der Waals surface area (Å²) in [4.78, 5) is 8.87. The minimum Gasteiger partial charge on any atom is -0.309 e. The van der Waals surface area contributed by atoms with Crippen molar-refractivity contribution in [2.24, 2.45) is 0 Å². The Balaban J connectivity index is 2.21. The lowest BCUT2D eigenvalue weighted by Crippen LogP contribution is -2.23. The van der Waals surface area contributed by atoms with Gasteiger partial charge in [0, 0.05) is 24.7 Å². The number of hydrogen-bond acceptors (Lipinski definition) is 3. The van der Waals surface area contributed by atoms with Gasteiger partial charge in [0.2, 0.25) is 0 Å². The summed E-state index contributed by atoms with van der Waals surface area (Å²) in [7, 11) is 0. The first kappa shape index (κ1) is 15.9. The highest BCUT2D eigenvalue weighted by atomic mass is 35.5. The molecule has 1 aromatic carbocycles. The summed E-state index contributed by atoms with van der Waals surface area (Å²) in [5.74, 6) is 0.211. The molecule has 0 aliphatic heterocycles. The lowest BCUT2D eigenvalue weighted by Gasteiger charge is -2.10. The zero-order chi connectivity index (χ0) is 15.4. The van der Waals surface area contributed by atoms with Crippen molar-refractivity contribution in [3.05, 3.63) is 57.9 Å². The van der Waals surface area contributed by atoms with Crippen LogP contribution in [-0.4, -0.2) is 16.0 Å². The van der Waals surface area contributed by atoms with E-state index in [-0.39, 0.29) is 5.02 Å². The van der Waals surface area contributed by atoms with E-state index in [0.29, 0.717) is 30.4 Å². The Morgan fingerprint density at radius 2 is 2.05 bits per heavy atom. The van der Waals surface area contributed by atoms with Crippen LogP contribution in [0.1, 0.15) is 36.6 Å². The number of rotatable bonds is 5. The standard InChI is InChI=1S/C16H19ClFN3/c1-10(2)19-9-13-7-11(3)20-15(21-13)8-12-5-4-6-14(17)16(12)18/h4-7,10,19H,8-9H2,1-3H3. The van der Waals surface area contributed by atoms with Crippen molar-refractivity contribution < 1.29 is 4.39 Å². The minimum absolute atomic E-state index is 0.127. The van der Waals surface area contributed by atoms with Crippen molar-refractivity contribution in [1.29, 1.82) is 0 Å². The highest BCUT2D eigenvalue weighted by Gasteiger charge is 2.10. The Kier molecular flexibility index (Phi) is 5.26. The van der Waals surface area contributed by atoms with Crippen LogP contribution >= 0.6 is 11.6 Å². The molecule has 0 saturated carbocycles. The molecule has 2 rings (SSSR count). The number of halogens is 2. The van der Waals surface area contributed by atoms with Crippen LogP contribution in [0, 0.1) is 12.7 Å². The molecule has 112 valence electrons. The third kappa shape index (κ3) is 4.48. The van der Waals surface area contributed by atoms with Gasteiger partial charge in [0.1, 0.15) is 11.6 Å². The van der Waals surface area contributed by atoms with Crippen LogP contribution in [0.4, 0.5) is 4.39 Å². The maximum atomic E-state index is 13.9. The molecule has 0 fully saturated rings. The van der Waals surface area contributed by atoms with Crippen molar-refractivity contribution in [3.8, 4) is 0 Å². The zero-order valence-corrected chi connectivity index (χ0v) is 13.2. The summed E-state index contributed by atoms with van der Waals surface area (Å²) in [6, 6.07) is 7.30. The van der Waals surface area contributed by atoms with E-state index >= 15 is 0 Å². The highest BCUT2D eigenvalue weighted by Crippen LogP contribution is 2.19. The van der Waals surface area contributed by atoms with Gasteiger partial charge in [-0.25, -0.2) is 14.4 Å². The van der Waals surface area contributed by atoms with E-state index in [9.17, 15) is 4.39 Å². The topological polar surface area (TPSA) is 37.8 Å². The van der Waals surface area contributed by atoms with Gasteiger partial charge in [-0.1, -0.05) is 37.6 Å². The molecule has 0 unspecified atom stereocenters. The molecule has 0 saturated heterocycles. The second-order valence-electron chi connectivity index (χ2n) is 5.34. The van der Waals surface area contributed by atoms with Gasteiger partial charge in [-0.05, 0) is 24.6 Å². The van der Waals surface area contributed by atoms with Crippen LogP contribution < -0.4 is 5.32 Å². The van der Waals surface area contributed by atoms with Crippen LogP contribution in [0.2, 0.25) is 5.02 Å². The number of benzene rings is 1. The van der Waals surface area contributed by atoms with Gasteiger partial charge < -0.3 is 5.32 Å². The fraction of sp³-hybridized carbons (Fsp3) is 0.375. The van der Waals surface area contributed by atoms with Gasteiger partial charge in [0.05, 0.1) is 10.7 Å². The Bertz CT molecular complexity index is 629. The first-order valence-corrected chi connectivity index (χ1v) is 7.33. The molecule has 5 heteroatoms. The van der Waals surface area contributed by atoms with Crippen molar-refractivity contribution in [2.45, 2.75) is 39.8 Å². The molecule has 1 heterocycles. The molecule has 0 aliphatic carbocycles. The monoisotopic (exact) mass is 307 g/mol. The first-order valence-electron chi connectivity index (χ1n) is 6.95. The van der Waals surface area contributed by atoms with Gasteiger partial charge >= 0.3 is 0 Å². The highest BCUT2D eigenvalue weighted by molar-refractivity contribution is 6.30. The quantitative estimate of drug-likeness (QED) is 0.916. The molecule has 21 heavy (non-hydrogen) atoms. The maximum Gasteiger partial charge on any atom is 0.145 e. The number of nitrogens with one attached hydrogen (secondary N) is 1. The largest absolute Gasteiger partial charge is 0.309 e. The number of aromatic nitrogens is 2. The molecular weight excluding hydrogens is 289 g/mol. The van der Waals surface area contributed by atoms with Gasteiger partial charge in [-0.15, -0.1) is 0 Å². The van der Waals surface area contributed by atoms with Crippen molar-refractivity contribution >= 4 is 11.6 Å². The van der Waals surface area contributed by atoms with Crippen LogP contribution in [0.15, 0.2) is 24.3 Å². The molecule has 0 aliphatic rings. The third-order valence-corrected chi connectivity index (χ3v) is 3.32. The summed E-state index contributed by atoms with van der Waals surface area (Å²) in [5, 5.41) is 3.44. The average molecular weight is 308 g/mol. The number of hydrogen-bond donors (Lipinski definition) is 1. The minimum atomic E-state index is -0.397. The molecule has 3 nitrogen and oxygen atoms in total. The fourth-order valence-electron chi connectivity index (χ4n) is 2.03. The normalized spacial score (nSPS) is 11.1. The van der Waals surface area contributed by atoms with Gasteiger partial charge in [-0.3, -0.25) is 0 Å². The Labute approximate surface area is 129 Å². The molecule has 2 aromatic rings. The molecule has 0 spiro atoms. The average Bonchev–Trinajstić information content (AvgIpc) is 2.41. The first-order chi connectivity index (χ1) is 9.95.